The zero-order valence-corrected chi connectivity index (χ0v) is 14.7. The van der Waals surface area contributed by atoms with Crippen LogP contribution in [0.25, 0.3) is 22.2 Å². The van der Waals surface area contributed by atoms with Crippen LogP contribution in [0.15, 0.2) is 66.9 Å². The standard InChI is InChI=1S/C21H17FN4O/c1-26(13-16-12-23-25-19(16)14-6-3-2-4-7-14)21(27)18-11-10-15-8-5-9-17(22)20(15)24-18/h2-12H,13H2,1H3,(H,23,25). The molecule has 0 aliphatic rings. The van der Waals surface area contributed by atoms with E-state index in [4.69, 9.17) is 0 Å². The Bertz CT molecular complexity index is 1110. The van der Waals surface area contributed by atoms with E-state index in [0.717, 1.165) is 16.8 Å². The predicted molar refractivity (Wildman–Crippen MR) is 102 cm³/mol. The number of fused-ring (bicyclic) bond motifs is 1. The summed E-state index contributed by atoms with van der Waals surface area (Å²) in [5.41, 5.74) is 3.17. The number of nitrogens with zero attached hydrogens (tertiary/aromatic N) is 3. The van der Waals surface area contributed by atoms with Crippen LogP contribution < -0.4 is 0 Å². The van der Waals surface area contributed by atoms with Gasteiger partial charge in [0.25, 0.3) is 5.91 Å². The summed E-state index contributed by atoms with van der Waals surface area (Å²) >= 11 is 0. The summed E-state index contributed by atoms with van der Waals surface area (Å²) in [6, 6.07) is 17.8. The van der Waals surface area contributed by atoms with Crippen LogP contribution >= 0.6 is 0 Å². The van der Waals surface area contributed by atoms with Crippen molar-refractivity contribution in [2.75, 3.05) is 7.05 Å². The Labute approximate surface area is 155 Å². The first kappa shape index (κ1) is 16.9. The number of hydrogen-bond acceptors (Lipinski definition) is 3. The number of benzene rings is 2. The van der Waals surface area contributed by atoms with Crippen molar-refractivity contribution in [1.29, 1.82) is 0 Å². The molecule has 4 aromatic rings. The molecule has 0 aliphatic heterocycles. The highest BCUT2D eigenvalue weighted by Crippen LogP contribution is 2.22. The molecule has 5 nitrogen and oxygen atoms in total. The number of halogens is 1. The van der Waals surface area contributed by atoms with Gasteiger partial charge in [-0.1, -0.05) is 48.5 Å². The van der Waals surface area contributed by atoms with Gasteiger partial charge in [-0.2, -0.15) is 5.10 Å². The lowest BCUT2D eigenvalue weighted by atomic mass is 10.1. The first-order valence-corrected chi connectivity index (χ1v) is 8.52. The lowest BCUT2D eigenvalue weighted by Gasteiger charge is -2.17. The van der Waals surface area contributed by atoms with Crippen molar-refractivity contribution in [3.8, 4) is 11.3 Å². The van der Waals surface area contributed by atoms with Gasteiger partial charge >= 0.3 is 0 Å². The van der Waals surface area contributed by atoms with E-state index in [9.17, 15) is 9.18 Å². The van der Waals surface area contributed by atoms with Gasteiger partial charge in [0, 0.05) is 24.5 Å². The highest BCUT2D eigenvalue weighted by atomic mass is 19.1. The second-order valence-corrected chi connectivity index (χ2v) is 6.31. The van der Waals surface area contributed by atoms with Gasteiger partial charge in [-0.15, -0.1) is 0 Å². The molecule has 27 heavy (non-hydrogen) atoms. The van der Waals surface area contributed by atoms with Gasteiger partial charge in [0.1, 0.15) is 17.0 Å². The topological polar surface area (TPSA) is 61.9 Å². The molecule has 0 saturated carbocycles. The lowest BCUT2D eigenvalue weighted by molar-refractivity contribution is 0.0780. The van der Waals surface area contributed by atoms with Gasteiger partial charge in [-0.05, 0) is 17.7 Å². The van der Waals surface area contributed by atoms with Gasteiger partial charge in [-0.25, -0.2) is 9.37 Å². The van der Waals surface area contributed by atoms with E-state index in [2.05, 4.69) is 15.2 Å². The zero-order valence-electron chi connectivity index (χ0n) is 14.7. The van der Waals surface area contributed by atoms with Crippen LogP contribution in [-0.2, 0) is 6.54 Å². The fraction of sp³-hybridized carbons (Fsp3) is 0.0952. The molecule has 134 valence electrons. The number of hydrogen-bond donors (Lipinski definition) is 1. The van der Waals surface area contributed by atoms with E-state index in [1.807, 2.05) is 30.3 Å². The SMILES string of the molecule is CN(Cc1cn[nH]c1-c1ccccc1)C(=O)c1ccc2cccc(F)c2n1. The van der Waals surface area contributed by atoms with Gasteiger partial charge in [0.2, 0.25) is 0 Å². The van der Waals surface area contributed by atoms with E-state index in [1.165, 1.54) is 6.07 Å². The van der Waals surface area contributed by atoms with Gasteiger partial charge < -0.3 is 4.90 Å². The molecule has 2 aromatic heterocycles. The Morgan fingerprint density at radius 3 is 2.70 bits per heavy atom. The minimum atomic E-state index is -0.439. The minimum Gasteiger partial charge on any atom is -0.336 e. The maximum atomic E-state index is 14.0. The highest BCUT2D eigenvalue weighted by Gasteiger charge is 2.17. The number of carbonyl (C=O) groups is 1. The summed E-state index contributed by atoms with van der Waals surface area (Å²) in [5, 5.41) is 7.75. The molecule has 1 amide bonds. The van der Waals surface area contributed by atoms with Crippen LogP contribution in [0.3, 0.4) is 0 Å². The first-order chi connectivity index (χ1) is 13.1. The van der Waals surface area contributed by atoms with E-state index < -0.39 is 5.82 Å². The Kier molecular flexibility index (Phi) is 4.38. The summed E-state index contributed by atoms with van der Waals surface area (Å²) in [6.07, 6.45) is 1.71. The summed E-state index contributed by atoms with van der Waals surface area (Å²) < 4.78 is 14.0. The van der Waals surface area contributed by atoms with Crippen molar-refractivity contribution >= 4 is 16.8 Å². The smallest absolute Gasteiger partial charge is 0.272 e. The molecule has 0 fully saturated rings. The monoisotopic (exact) mass is 360 g/mol. The molecular weight excluding hydrogens is 343 g/mol. The maximum Gasteiger partial charge on any atom is 0.272 e. The molecule has 1 N–H and O–H groups in total. The molecule has 4 rings (SSSR count). The van der Waals surface area contributed by atoms with Crippen LogP contribution in [0.1, 0.15) is 16.1 Å². The largest absolute Gasteiger partial charge is 0.336 e. The predicted octanol–water partition coefficient (Wildman–Crippen LogP) is 4.04. The molecule has 0 spiro atoms. The van der Waals surface area contributed by atoms with Crippen molar-refractivity contribution in [1.82, 2.24) is 20.1 Å². The molecule has 0 aliphatic carbocycles. The molecular formula is C21H17FN4O. The minimum absolute atomic E-state index is 0.199. The Morgan fingerprint density at radius 2 is 1.89 bits per heavy atom. The van der Waals surface area contributed by atoms with E-state index in [1.54, 1.807) is 42.4 Å². The van der Waals surface area contributed by atoms with Crippen molar-refractivity contribution < 1.29 is 9.18 Å². The fourth-order valence-electron chi connectivity index (χ4n) is 3.04. The number of para-hydroxylation sites is 1. The van der Waals surface area contributed by atoms with Crippen molar-refractivity contribution in [3.05, 3.63) is 83.9 Å². The summed E-state index contributed by atoms with van der Waals surface area (Å²) in [5.74, 6) is -0.716. The van der Waals surface area contributed by atoms with Crippen molar-refractivity contribution in [3.63, 3.8) is 0 Å². The van der Waals surface area contributed by atoms with Crippen LogP contribution in [-0.4, -0.2) is 33.0 Å². The Morgan fingerprint density at radius 1 is 1.07 bits per heavy atom. The number of pyridine rings is 1. The lowest BCUT2D eigenvalue weighted by Crippen LogP contribution is -2.27. The van der Waals surface area contributed by atoms with Gasteiger partial charge in [-0.3, -0.25) is 9.89 Å². The highest BCUT2D eigenvalue weighted by molar-refractivity contribution is 5.94. The molecule has 0 saturated heterocycles. The van der Waals surface area contributed by atoms with Crippen LogP contribution in [0.2, 0.25) is 0 Å². The number of nitrogens with one attached hydrogen (secondary N) is 1. The quantitative estimate of drug-likeness (QED) is 0.597. The third-order valence-electron chi connectivity index (χ3n) is 4.42. The number of H-pyrrole nitrogens is 1. The van der Waals surface area contributed by atoms with Gasteiger partial charge in [0.15, 0.2) is 0 Å². The molecule has 0 radical (unpaired) electrons. The molecule has 2 heterocycles. The first-order valence-electron chi connectivity index (χ1n) is 8.52. The molecule has 0 bridgehead atoms. The number of aromatic amines is 1. The fourth-order valence-corrected chi connectivity index (χ4v) is 3.04. The second-order valence-electron chi connectivity index (χ2n) is 6.31. The van der Waals surface area contributed by atoms with E-state index in [-0.39, 0.29) is 17.1 Å². The number of rotatable bonds is 4. The third-order valence-corrected chi connectivity index (χ3v) is 4.42. The average Bonchev–Trinajstić information content (AvgIpc) is 3.16. The molecule has 2 aromatic carbocycles. The molecule has 0 atom stereocenters. The number of amides is 1. The van der Waals surface area contributed by atoms with Crippen LogP contribution in [0.5, 0.6) is 0 Å². The Hall–Kier alpha value is -3.54. The average molecular weight is 360 g/mol. The summed E-state index contributed by atoms with van der Waals surface area (Å²) in [7, 11) is 1.69. The van der Waals surface area contributed by atoms with Gasteiger partial charge in [0.05, 0.1) is 11.9 Å². The summed E-state index contributed by atoms with van der Waals surface area (Å²) in [6.45, 7) is 0.358. The third kappa shape index (κ3) is 3.29. The van der Waals surface area contributed by atoms with Crippen molar-refractivity contribution in [2.45, 2.75) is 6.54 Å². The normalized spacial score (nSPS) is 10.9. The van der Waals surface area contributed by atoms with E-state index in [0.29, 0.717) is 11.9 Å². The number of aromatic nitrogens is 3. The maximum absolute atomic E-state index is 14.0. The van der Waals surface area contributed by atoms with Crippen LogP contribution in [0, 0.1) is 5.82 Å². The van der Waals surface area contributed by atoms with Crippen LogP contribution in [0.4, 0.5) is 4.39 Å². The van der Waals surface area contributed by atoms with Crippen molar-refractivity contribution in [2.24, 2.45) is 0 Å². The zero-order chi connectivity index (χ0) is 18.8. The molecule has 0 unspecified atom stereocenters. The molecule has 6 heteroatoms. The number of carbonyl (C=O) groups excluding carboxylic acids is 1. The Balaban J connectivity index is 1.59. The summed E-state index contributed by atoms with van der Waals surface area (Å²) in [4.78, 5) is 18.5. The second kappa shape index (κ2) is 6.99. The van der Waals surface area contributed by atoms with E-state index >= 15 is 0 Å².